The van der Waals surface area contributed by atoms with Crippen molar-refractivity contribution in [3.63, 3.8) is 0 Å². The number of hydrogen-bond acceptors (Lipinski definition) is 3. The van der Waals surface area contributed by atoms with E-state index in [0.29, 0.717) is 31.8 Å². The number of hydrogen-bond donors (Lipinski definition) is 1. The number of halogens is 2. The van der Waals surface area contributed by atoms with Crippen molar-refractivity contribution in [3.05, 3.63) is 65.2 Å². The predicted octanol–water partition coefficient (Wildman–Crippen LogP) is 4.59. The van der Waals surface area contributed by atoms with Crippen molar-refractivity contribution in [2.45, 2.75) is 26.2 Å². The molecule has 1 amide bonds. The van der Waals surface area contributed by atoms with E-state index in [1.807, 2.05) is 12.1 Å². The number of nitrogens with one attached hydrogen (secondary N) is 1. The first-order chi connectivity index (χ1) is 13.1. The van der Waals surface area contributed by atoms with Crippen LogP contribution in [0.25, 0.3) is 0 Å². The van der Waals surface area contributed by atoms with Crippen LogP contribution in [-0.2, 0) is 15.9 Å². The molecule has 1 N–H and O–H groups in total. The molecule has 0 unspecified atom stereocenters. The van der Waals surface area contributed by atoms with Gasteiger partial charge in [0.15, 0.2) is 0 Å². The second-order valence-electron chi connectivity index (χ2n) is 6.06. The van der Waals surface area contributed by atoms with E-state index in [1.165, 1.54) is 6.07 Å². The number of amides is 1. The molecule has 6 heteroatoms. The minimum Gasteiger partial charge on any atom is -0.379 e. The number of unbranched alkanes of at least 4 members (excludes halogenated alkanes) is 1. The third kappa shape index (κ3) is 7.07. The highest BCUT2D eigenvalue weighted by Crippen LogP contribution is 2.18. The standard InChI is InChI=1S/C21H25F2NO3/c1-2-3-11-26-13-14-27-12-10-16-6-4-5-7-18(16)21(25)24-20-9-8-17(22)15-19(20)23/h4-9,15H,2-3,10-14H2,1H3,(H,24,25). The summed E-state index contributed by atoms with van der Waals surface area (Å²) in [6, 6.07) is 10.1. The van der Waals surface area contributed by atoms with Crippen LogP contribution in [0.5, 0.6) is 0 Å². The average molecular weight is 377 g/mol. The van der Waals surface area contributed by atoms with Gasteiger partial charge in [-0.2, -0.15) is 0 Å². The lowest BCUT2D eigenvalue weighted by Gasteiger charge is -2.11. The third-order valence-corrected chi connectivity index (χ3v) is 3.97. The highest BCUT2D eigenvalue weighted by Gasteiger charge is 2.13. The number of rotatable bonds is 11. The normalized spacial score (nSPS) is 10.8. The highest BCUT2D eigenvalue weighted by atomic mass is 19.1. The summed E-state index contributed by atoms with van der Waals surface area (Å²) < 4.78 is 37.7. The molecule has 0 aliphatic rings. The molecule has 0 aromatic heterocycles. The molecule has 0 saturated carbocycles. The Hall–Kier alpha value is -2.31. The average Bonchev–Trinajstić information content (AvgIpc) is 2.66. The van der Waals surface area contributed by atoms with Gasteiger partial charge in [-0.3, -0.25) is 4.79 Å². The molecule has 2 aromatic carbocycles. The molecule has 0 aliphatic heterocycles. The number of ether oxygens (including phenoxy) is 2. The molecular weight excluding hydrogens is 352 g/mol. The molecule has 0 saturated heterocycles. The summed E-state index contributed by atoms with van der Waals surface area (Å²) in [4.78, 5) is 12.5. The molecule has 0 heterocycles. The molecule has 2 aromatic rings. The highest BCUT2D eigenvalue weighted by molar-refractivity contribution is 6.05. The molecule has 4 nitrogen and oxygen atoms in total. The van der Waals surface area contributed by atoms with Crippen molar-refractivity contribution in [1.29, 1.82) is 0 Å². The van der Waals surface area contributed by atoms with Gasteiger partial charge in [-0.25, -0.2) is 8.78 Å². The quantitative estimate of drug-likeness (QED) is 0.583. The van der Waals surface area contributed by atoms with E-state index in [1.54, 1.807) is 12.1 Å². The zero-order chi connectivity index (χ0) is 19.5. The molecule has 0 spiro atoms. The van der Waals surface area contributed by atoms with Crippen molar-refractivity contribution < 1.29 is 23.0 Å². The molecule has 0 bridgehead atoms. The Morgan fingerprint density at radius 3 is 2.48 bits per heavy atom. The first kappa shape index (κ1) is 21.0. The number of carbonyl (C=O) groups excluding carboxylic acids is 1. The maximum Gasteiger partial charge on any atom is 0.256 e. The monoisotopic (exact) mass is 377 g/mol. The van der Waals surface area contributed by atoms with Gasteiger partial charge in [-0.1, -0.05) is 31.5 Å². The van der Waals surface area contributed by atoms with Gasteiger partial charge >= 0.3 is 0 Å². The largest absolute Gasteiger partial charge is 0.379 e. The second kappa shape index (κ2) is 11.4. The molecule has 146 valence electrons. The van der Waals surface area contributed by atoms with E-state index < -0.39 is 17.5 Å². The lowest BCUT2D eigenvalue weighted by Crippen LogP contribution is -2.16. The van der Waals surface area contributed by atoms with Crippen LogP contribution < -0.4 is 5.32 Å². The molecule has 0 radical (unpaired) electrons. The van der Waals surface area contributed by atoms with E-state index >= 15 is 0 Å². The van der Waals surface area contributed by atoms with Crippen molar-refractivity contribution in [3.8, 4) is 0 Å². The summed E-state index contributed by atoms with van der Waals surface area (Å²) in [5, 5.41) is 2.48. The van der Waals surface area contributed by atoms with Gasteiger partial charge < -0.3 is 14.8 Å². The van der Waals surface area contributed by atoms with Gasteiger partial charge in [0, 0.05) is 18.2 Å². The minimum atomic E-state index is -0.813. The Bertz CT molecular complexity index is 737. The maximum absolute atomic E-state index is 13.7. The van der Waals surface area contributed by atoms with Gasteiger partial charge in [-0.15, -0.1) is 0 Å². The SMILES string of the molecule is CCCCOCCOCCc1ccccc1C(=O)Nc1ccc(F)cc1F. The third-order valence-electron chi connectivity index (χ3n) is 3.97. The van der Waals surface area contributed by atoms with Crippen LogP contribution >= 0.6 is 0 Å². The van der Waals surface area contributed by atoms with Crippen molar-refractivity contribution in [2.24, 2.45) is 0 Å². The smallest absolute Gasteiger partial charge is 0.256 e. The first-order valence-electron chi connectivity index (χ1n) is 9.11. The fourth-order valence-electron chi connectivity index (χ4n) is 2.49. The Labute approximate surface area is 158 Å². The van der Waals surface area contributed by atoms with Crippen molar-refractivity contribution >= 4 is 11.6 Å². The van der Waals surface area contributed by atoms with Crippen molar-refractivity contribution in [2.75, 3.05) is 31.7 Å². The number of benzene rings is 2. The van der Waals surface area contributed by atoms with Gasteiger partial charge in [-0.05, 0) is 36.6 Å². The Balaban J connectivity index is 1.86. The summed E-state index contributed by atoms with van der Waals surface area (Å²) in [6.45, 7) is 4.35. The topological polar surface area (TPSA) is 47.6 Å². The van der Waals surface area contributed by atoms with Crippen LogP contribution in [0, 0.1) is 11.6 Å². The molecule has 0 fully saturated rings. The van der Waals surface area contributed by atoms with Crippen LogP contribution in [0.1, 0.15) is 35.7 Å². The summed E-state index contributed by atoms with van der Waals surface area (Å²) in [7, 11) is 0. The molecule has 0 atom stereocenters. The second-order valence-corrected chi connectivity index (χ2v) is 6.06. The molecule has 2 rings (SSSR count). The Morgan fingerprint density at radius 1 is 1.00 bits per heavy atom. The minimum absolute atomic E-state index is 0.0586. The molecule has 27 heavy (non-hydrogen) atoms. The summed E-state index contributed by atoms with van der Waals surface area (Å²) in [6.07, 6.45) is 2.68. The molecular formula is C21H25F2NO3. The maximum atomic E-state index is 13.7. The van der Waals surface area contributed by atoms with E-state index in [0.717, 1.165) is 37.1 Å². The number of anilines is 1. The molecule has 0 aliphatic carbocycles. The summed E-state index contributed by atoms with van der Waals surface area (Å²) in [5.74, 6) is -1.95. The summed E-state index contributed by atoms with van der Waals surface area (Å²) >= 11 is 0. The van der Waals surface area contributed by atoms with E-state index in [9.17, 15) is 13.6 Å². The number of carbonyl (C=O) groups is 1. The fraction of sp³-hybridized carbons (Fsp3) is 0.381. The van der Waals surface area contributed by atoms with Gasteiger partial charge in [0.25, 0.3) is 5.91 Å². The fourth-order valence-corrected chi connectivity index (χ4v) is 2.49. The predicted molar refractivity (Wildman–Crippen MR) is 101 cm³/mol. The van der Waals surface area contributed by atoms with Crippen LogP contribution in [0.4, 0.5) is 14.5 Å². The zero-order valence-corrected chi connectivity index (χ0v) is 15.5. The zero-order valence-electron chi connectivity index (χ0n) is 15.5. The Kier molecular flexibility index (Phi) is 8.87. The van der Waals surface area contributed by atoms with Gasteiger partial charge in [0.2, 0.25) is 0 Å². The lowest BCUT2D eigenvalue weighted by atomic mass is 10.0. The van der Waals surface area contributed by atoms with Crippen LogP contribution in [0.15, 0.2) is 42.5 Å². The van der Waals surface area contributed by atoms with E-state index in [4.69, 9.17) is 9.47 Å². The van der Waals surface area contributed by atoms with E-state index in [2.05, 4.69) is 12.2 Å². The van der Waals surface area contributed by atoms with E-state index in [-0.39, 0.29) is 5.69 Å². The van der Waals surface area contributed by atoms with Crippen LogP contribution in [-0.4, -0.2) is 32.3 Å². The lowest BCUT2D eigenvalue weighted by molar-refractivity contribution is 0.0478. The van der Waals surface area contributed by atoms with Gasteiger partial charge in [0.05, 0.1) is 25.5 Å². The van der Waals surface area contributed by atoms with Crippen LogP contribution in [0.3, 0.4) is 0 Å². The Morgan fingerprint density at radius 2 is 1.74 bits per heavy atom. The van der Waals surface area contributed by atoms with Crippen LogP contribution in [0.2, 0.25) is 0 Å². The van der Waals surface area contributed by atoms with Crippen molar-refractivity contribution in [1.82, 2.24) is 0 Å². The summed E-state index contributed by atoms with van der Waals surface area (Å²) in [5.41, 5.74) is 1.17. The first-order valence-corrected chi connectivity index (χ1v) is 9.11. The van der Waals surface area contributed by atoms with Gasteiger partial charge in [0.1, 0.15) is 11.6 Å².